The molecule has 2 rings (SSSR count). The second kappa shape index (κ2) is 6.76. The summed E-state index contributed by atoms with van der Waals surface area (Å²) in [7, 11) is 1.58. The van der Waals surface area contributed by atoms with E-state index in [1.807, 2.05) is 24.3 Å². The van der Waals surface area contributed by atoms with Gasteiger partial charge in [0.25, 0.3) is 5.91 Å². The van der Waals surface area contributed by atoms with Gasteiger partial charge in [-0.15, -0.1) is 0 Å². The highest BCUT2D eigenvalue weighted by molar-refractivity contribution is 6.01. The van der Waals surface area contributed by atoms with Crippen LogP contribution in [0.25, 0.3) is 6.08 Å². The summed E-state index contributed by atoms with van der Waals surface area (Å²) >= 11 is 0. The zero-order valence-corrected chi connectivity index (χ0v) is 11.6. The van der Waals surface area contributed by atoms with Crippen molar-refractivity contribution in [2.45, 2.75) is 31.7 Å². The SMILES string of the molecule is COc1cccc(C=C(C#N)C(=O)NC2CCCC2)c1. The molecule has 1 aliphatic carbocycles. The van der Waals surface area contributed by atoms with Crippen LogP contribution in [0.1, 0.15) is 31.2 Å². The Kier molecular flexibility index (Phi) is 4.78. The predicted molar refractivity (Wildman–Crippen MR) is 77.0 cm³/mol. The van der Waals surface area contributed by atoms with E-state index < -0.39 is 0 Å². The van der Waals surface area contributed by atoms with Crippen LogP contribution in [0.2, 0.25) is 0 Å². The van der Waals surface area contributed by atoms with Crippen LogP contribution in [-0.2, 0) is 4.79 Å². The van der Waals surface area contributed by atoms with E-state index in [1.165, 1.54) is 0 Å². The number of hydrogen-bond acceptors (Lipinski definition) is 3. The maximum absolute atomic E-state index is 12.1. The molecule has 0 aliphatic heterocycles. The van der Waals surface area contributed by atoms with Crippen LogP contribution in [-0.4, -0.2) is 19.1 Å². The molecule has 1 aromatic carbocycles. The average Bonchev–Trinajstić information content (AvgIpc) is 2.97. The predicted octanol–water partition coefficient (Wildman–Crippen LogP) is 2.66. The van der Waals surface area contributed by atoms with Crippen LogP contribution >= 0.6 is 0 Å². The fourth-order valence-electron chi connectivity index (χ4n) is 2.38. The number of carbonyl (C=O) groups is 1. The van der Waals surface area contributed by atoms with Crippen LogP contribution in [0.15, 0.2) is 29.8 Å². The van der Waals surface area contributed by atoms with Gasteiger partial charge in [0.05, 0.1) is 7.11 Å². The number of nitrogens with one attached hydrogen (secondary N) is 1. The Morgan fingerprint density at radius 2 is 2.20 bits per heavy atom. The van der Waals surface area contributed by atoms with Crippen LogP contribution in [0, 0.1) is 11.3 Å². The molecule has 1 saturated carbocycles. The van der Waals surface area contributed by atoms with Gasteiger partial charge in [0, 0.05) is 6.04 Å². The lowest BCUT2D eigenvalue weighted by molar-refractivity contribution is -0.117. The fourth-order valence-corrected chi connectivity index (χ4v) is 2.38. The van der Waals surface area contributed by atoms with Crippen molar-refractivity contribution in [3.63, 3.8) is 0 Å². The smallest absolute Gasteiger partial charge is 0.262 e. The minimum Gasteiger partial charge on any atom is -0.497 e. The first-order valence-corrected chi connectivity index (χ1v) is 6.79. The molecule has 0 unspecified atom stereocenters. The summed E-state index contributed by atoms with van der Waals surface area (Å²) in [6.07, 6.45) is 5.89. The van der Waals surface area contributed by atoms with E-state index in [-0.39, 0.29) is 17.5 Å². The average molecular weight is 270 g/mol. The van der Waals surface area contributed by atoms with Gasteiger partial charge in [-0.1, -0.05) is 25.0 Å². The standard InChI is InChI=1S/C16H18N2O2/c1-20-15-8-4-5-12(10-15)9-13(11-17)16(19)18-14-6-2-3-7-14/h4-5,8-10,14H,2-3,6-7H2,1H3,(H,18,19). The van der Waals surface area contributed by atoms with Crippen molar-refractivity contribution in [3.05, 3.63) is 35.4 Å². The summed E-state index contributed by atoms with van der Waals surface area (Å²) in [4.78, 5) is 12.1. The van der Waals surface area contributed by atoms with Gasteiger partial charge < -0.3 is 10.1 Å². The van der Waals surface area contributed by atoms with E-state index in [9.17, 15) is 4.79 Å². The summed E-state index contributed by atoms with van der Waals surface area (Å²) in [5.41, 5.74) is 0.910. The minimum absolute atomic E-state index is 0.130. The number of ether oxygens (including phenoxy) is 1. The molecule has 1 fully saturated rings. The fraction of sp³-hybridized carbons (Fsp3) is 0.375. The van der Waals surface area contributed by atoms with E-state index in [2.05, 4.69) is 5.32 Å². The number of benzene rings is 1. The van der Waals surface area contributed by atoms with E-state index in [4.69, 9.17) is 10.00 Å². The summed E-state index contributed by atoms with van der Waals surface area (Å²) in [5.74, 6) is 0.412. The number of nitriles is 1. The lowest BCUT2D eigenvalue weighted by Gasteiger charge is -2.11. The molecule has 20 heavy (non-hydrogen) atoms. The number of nitrogens with zero attached hydrogens (tertiary/aromatic N) is 1. The molecule has 1 amide bonds. The molecule has 4 heteroatoms. The monoisotopic (exact) mass is 270 g/mol. The highest BCUT2D eigenvalue weighted by Gasteiger charge is 2.19. The number of rotatable bonds is 4. The summed E-state index contributed by atoms with van der Waals surface area (Å²) in [6.45, 7) is 0. The zero-order chi connectivity index (χ0) is 14.4. The number of methoxy groups -OCH3 is 1. The third-order valence-electron chi connectivity index (χ3n) is 3.46. The number of carbonyl (C=O) groups excluding carboxylic acids is 1. The summed E-state index contributed by atoms with van der Waals surface area (Å²) in [6, 6.07) is 9.46. The van der Waals surface area contributed by atoms with Crippen molar-refractivity contribution in [3.8, 4) is 11.8 Å². The zero-order valence-electron chi connectivity index (χ0n) is 11.6. The molecule has 0 atom stereocenters. The van der Waals surface area contributed by atoms with Gasteiger partial charge in [-0.05, 0) is 36.6 Å². The molecule has 1 aliphatic rings. The van der Waals surface area contributed by atoms with E-state index in [1.54, 1.807) is 19.3 Å². The summed E-state index contributed by atoms with van der Waals surface area (Å²) in [5, 5.41) is 12.1. The van der Waals surface area contributed by atoms with Crippen molar-refractivity contribution in [1.29, 1.82) is 5.26 Å². The maximum atomic E-state index is 12.1. The Labute approximate surface area is 119 Å². The van der Waals surface area contributed by atoms with E-state index >= 15 is 0 Å². The number of hydrogen-bond donors (Lipinski definition) is 1. The van der Waals surface area contributed by atoms with Gasteiger partial charge in [-0.2, -0.15) is 5.26 Å². The Balaban J connectivity index is 2.11. The van der Waals surface area contributed by atoms with Crippen molar-refractivity contribution >= 4 is 12.0 Å². The molecular weight excluding hydrogens is 252 g/mol. The van der Waals surface area contributed by atoms with Crippen LogP contribution < -0.4 is 10.1 Å². The van der Waals surface area contributed by atoms with Crippen molar-refractivity contribution in [2.75, 3.05) is 7.11 Å². The van der Waals surface area contributed by atoms with Crippen molar-refractivity contribution < 1.29 is 9.53 Å². The maximum Gasteiger partial charge on any atom is 0.262 e. The topological polar surface area (TPSA) is 62.1 Å². The Hall–Kier alpha value is -2.28. The molecular formula is C16H18N2O2. The van der Waals surface area contributed by atoms with Gasteiger partial charge in [-0.3, -0.25) is 4.79 Å². The number of amides is 1. The third kappa shape index (κ3) is 3.61. The lowest BCUT2D eigenvalue weighted by Crippen LogP contribution is -2.33. The van der Waals surface area contributed by atoms with Crippen molar-refractivity contribution in [1.82, 2.24) is 5.32 Å². The molecule has 0 saturated heterocycles. The first-order chi connectivity index (χ1) is 9.72. The summed E-state index contributed by atoms with van der Waals surface area (Å²) < 4.78 is 5.13. The first-order valence-electron chi connectivity index (χ1n) is 6.79. The van der Waals surface area contributed by atoms with Crippen LogP contribution in [0.4, 0.5) is 0 Å². The Morgan fingerprint density at radius 1 is 1.45 bits per heavy atom. The highest BCUT2D eigenvalue weighted by atomic mass is 16.5. The third-order valence-corrected chi connectivity index (χ3v) is 3.46. The minimum atomic E-state index is -0.290. The van der Waals surface area contributed by atoms with Gasteiger partial charge in [0.1, 0.15) is 17.4 Å². The van der Waals surface area contributed by atoms with Crippen LogP contribution in [0.5, 0.6) is 5.75 Å². The molecule has 0 aromatic heterocycles. The van der Waals surface area contributed by atoms with E-state index in [0.717, 1.165) is 31.2 Å². The molecule has 4 nitrogen and oxygen atoms in total. The first kappa shape index (κ1) is 14.1. The largest absolute Gasteiger partial charge is 0.497 e. The molecule has 0 bridgehead atoms. The van der Waals surface area contributed by atoms with Gasteiger partial charge >= 0.3 is 0 Å². The molecule has 0 radical (unpaired) electrons. The second-order valence-electron chi connectivity index (χ2n) is 4.90. The normalized spacial score (nSPS) is 15.7. The van der Waals surface area contributed by atoms with Gasteiger partial charge in [0.15, 0.2) is 0 Å². The molecule has 1 aromatic rings. The Bertz CT molecular complexity index is 552. The van der Waals surface area contributed by atoms with Gasteiger partial charge in [-0.25, -0.2) is 0 Å². The van der Waals surface area contributed by atoms with Gasteiger partial charge in [0.2, 0.25) is 0 Å². The molecule has 1 N–H and O–H groups in total. The second-order valence-corrected chi connectivity index (χ2v) is 4.90. The molecule has 104 valence electrons. The van der Waals surface area contributed by atoms with E-state index in [0.29, 0.717) is 5.75 Å². The lowest BCUT2D eigenvalue weighted by atomic mass is 10.1. The molecule has 0 heterocycles. The molecule has 0 spiro atoms. The highest BCUT2D eigenvalue weighted by Crippen LogP contribution is 2.19. The Morgan fingerprint density at radius 3 is 2.85 bits per heavy atom. The van der Waals surface area contributed by atoms with Crippen molar-refractivity contribution in [2.24, 2.45) is 0 Å². The van der Waals surface area contributed by atoms with Crippen LogP contribution in [0.3, 0.4) is 0 Å². The quantitative estimate of drug-likeness (QED) is 0.676.